The molecular weight excluding hydrogens is 376 g/mol. The van der Waals surface area contributed by atoms with Crippen LogP contribution in [0.3, 0.4) is 0 Å². The van der Waals surface area contributed by atoms with Crippen LogP contribution in [0.15, 0.2) is 15.1 Å². The van der Waals surface area contributed by atoms with Crippen LogP contribution in [0, 0.1) is 13.8 Å². The van der Waals surface area contributed by atoms with E-state index in [1.807, 2.05) is 6.92 Å². The molecule has 1 N–H and O–H groups in total. The van der Waals surface area contributed by atoms with E-state index in [1.165, 1.54) is 15.7 Å². The molecule has 1 aliphatic rings. The summed E-state index contributed by atoms with van der Waals surface area (Å²) >= 11 is 1.32. The molecule has 2 aromatic rings. The SMILES string of the molecule is CCC(CN1CCOCC1)NS(=O)(=O)c1c(C)nc2scc(C)n2c1=O. The van der Waals surface area contributed by atoms with E-state index < -0.39 is 15.6 Å². The van der Waals surface area contributed by atoms with Gasteiger partial charge in [0.05, 0.1) is 18.9 Å². The van der Waals surface area contributed by atoms with Crippen LogP contribution >= 0.6 is 11.3 Å². The van der Waals surface area contributed by atoms with E-state index >= 15 is 0 Å². The third kappa shape index (κ3) is 3.84. The maximum absolute atomic E-state index is 13.0. The van der Waals surface area contributed by atoms with Gasteiger partial charge >= 0.3 is 0 Å². The number of sulfonamides is 1. The number of morpholine rings is 1. The number of aromatic nitrogens is 2. The van der Waals surface area contributed by atoms with Gasteiger partial charge in [-0.2, -0.15) is 0 Å². The first kappa shape index (κ1) is 19.4. The van der Waals surface area contributed by atoms with Gasteiger partial charge < -0.3 is 4.74 Å². The molecule has 1 atom stereocenters. The highest BCUT2D eigenvalue weighted by molar-refractivity contribution is 7.89. The molecule has 0 saturated carbocycles. The minimum absolute atomic E-state index is 0.227. The van der Waals surface area contributed by atoms with Gasteiger partial charge in [-0.05, 0) is 20.3 Å². The van der Waals surface area contributed by atoms with Gasteiger partial charge in [0.15, 0.2) is 9.86 Å². The van der Waals surface area contributed by atoms with Gasteiger partial charge in [-0.3, -0.25) is 14.1 Å². The van der Waals surface area contributed by atoms with Crippen LogP contribution in [0.25, 0.3) is 4.96 Å². The Labute approximate surface area is 156 Å². The summed E-state index contributed by atoms with van der Waals surface area (Å²) in [6.45, 7) is 8.71. The van der Waals surface area contributed by atoms with Crippen molar-refractivity contribution in [1.82, 2.24) is 19.0 Å². The van der Waals surface area contributed by atoms with Crippen molar-refractivity contribution in [3.05, 3.63) is 27.1 Å². The van der Waals surface area contributed by atoms with Crippen molar-refractivity contribution in [2.45, 2.75) is 38.1 Å². The fourth-order valence-corrected chi connectivity index (χ4v) is 5.56. The molecule has 0 radical (unpaired) electrons. The summed E-state index contributed by atoms with van der Waals surface area (Å²) in [5.41, 5.74) is 0.366. The molecular formula is C16H24N4O4S2. The Morgan fingerprint density at radius 3 is 2.69 bits per heavy atom. The molecule has 1 aliphatic heterocycles. The first-order valence-electron chi connectivity index (χ1n) is 8.63. The largest absolute Gasteiger partial charge is 0.379 e. The summed E-state index contributed by atoms with van der Waals surface area (Å²) in [5.74, 6) is 0. The van der Waals surface area contributed by atoms with E-state index in [2.05, 4.69) is 14.6 Å². The molecule has 26 heavy (non-hydrogen) atoms. The molecule has 1 unspecified atom stereocenters. The zero-order valence-electron chi connectivity index (χ0n) is 15.2. The van der Waals surface area contributed by atoms with Crippen molar-refractivity contribution in [3.63, 3.8) is 0 Å². The van der Waals surface area contributed by atoms with Gasteiger partial charge in [0.25, 0.3) is 5.56 Å². The monoisotopic (exact) mass is 400 g/mol. The third-order valence-corrected chi connectivity index (χ3v) is 7.13. The van der Waals surface area contributed by atoms with Crippen LogP contribution < -0.4 is 10.3 Å². The molecule has 0 aromatic carbocycles. The van der Waals surface area contributed by atoms with E-state index in [-0.39, 0.29) is 16.6 Å². The maximum Gasteiger partial charge on any atom is 0.279 e. The molecule has 1 fully saturated rings. The maximum atomic E-state index is 13.0. The molecule has 1 saturated heterocycles. The van der Waals surface area contributed by atoms with Gasteiger partial charge in [0.1, 0.15) is 0 Å². The minimum Gasteiger partial charge on any atom is -0.379 e. The zero-order valence-corrected chi connectivity index (χ0v) is 16.8. The molecule has 0 spiro atoms. The summed E-state index contributed by atoms with van der Waals surface area (Å²) in [6, 6.07) is -0.277. The van der Waals surface area contributed by atoms with Crippen molar-refractivity contribution >= 4 is 26.3 Å². The highest BCUT2D eigenvalue weighted by Gasteiger charge is 2.28. The molecule has 3 heterocycles. The van der Waals surface area contributed by atoms with Crippen LogP contribution in [0.5, 0.6) is 0 Å². The van der Waals surface area contributed by atoms with Crippen molar-refractivity contribution in [2.75, 3.05) is 32.8 Å². The van der Waals surface area contributed by atoms with E-state index in [4.69, 9.17) is 4.74 Å². The summed E-state index contributed by atoms with van der Waals surface area (Å²) in [6.07, 6.45) is 0.629. The lowest BCUT2D eigenvalue weighted by Crippen LogP contribution is -2.47. The zero-order chi connectivity index (χ0) is 18.9. The van der Waals surface area contributed by atoms with Gasteiger partial charge in [0, 0.05) is 36.8 Å². The minimum atomic E-state index is -3.97. The first-order valence-corrected chi connectivity index (χ1v) is 11.0. The Balaban J connectivity index is 1.90. The number of hydrogen-bond donors (Lipinski definition) is 1. The number of rotatable bonds is 6. The predicted molar refractivity (Wildman–Crippen MR) is 100 cm³/mol. The molecule has 144 valence electrons. The second-order valence-electron chi connectivity index (χ2n) is 6.47. The predicted octanol–water partition coefficient (Wildman–Crippen LogP) is 0.762. The van der Waals surface area contributed by atoms with E-state index in [1.54, 1.807) is 19.2 Å². The summed E-state index contributed by atoms with van der Waals surface area (Å²) in [7, 11) is -3.97. The van der Waals surface area contributed by atoms with Gasteiger partial charge in [-0.15, -0.1) is 11.3 Å². The Morgan fingerprint density at radius 1 is 1.35 bits per heavy atom. The lowest BCUT2D eigenvalue weighted by molar-refractivity contribution is 0.0344. The van der Waals surface area contributed by atoms with Crippen LogP contribution in [0.2, 0.25) is 0 Å². The number of ether oxygens (including phenoxy) is 1. The van der Waals surface area contributed by atoms with Crippen LogP contribution in [0.1, 0.15) is 24.7 Å². The van der Waals surface area contributed by atoms with Gasteiger partial charge in [-0.1, -0.05) is 6.92 Å². The van der Waals surface area contributed by atoms with Gasteiger partial charge in [0.2, 0.25) is 10.0 Å². The topological polar surface area (TPSA) is 93.0 Å². The van der Waals surface area contributed by atoms with E-state index in [9.17, 15) is 13.2 Å². The lowest BCUT2D eigenvalue weighted by Gasteiger charge is -2.30. The second kappa shape index (κ2) is 7.73. The average Bonchev–Trinajstić information content (AvgIpc) is 2.95. The molecule has 2 aromatic heterocycles. The summed E-state index contributed by atoms with van der Waals surface area (Å²) < 4.78 is 35.3. The standard InChI is InChI=1S/C16H24N4O4S2/c1-4-13(9-19-5-7-24-8-6-19)18-26(22,23)14-12(3)17-16-20(15(14)21)11(2)10-25-16/h10,13,18H,4-9H2,1-3H3. The molecule has 3 rings (SSSR count). The highest BCUT2D eigenvalue weighted by Crippen LogP contribution is 2.16. The fourth-order valence-electron chi connectivity index (χ4n) is 3.10. The van der Waals surface area contributed by atoms with Crippen molar-refractivity contribution in [1.29, 1.82) is 0 Å². The number of fused-ring (bicyclic) bond motifs is 1. The quantitative estimate of drug-likeness (QED) is 0.770. The van der Waals surface area contributed by atoms with Crippen molar-refractivity contribution in [2.24, 2.45) is 0 Å². The average molecular weight is 401 g/mol. The van der Waals surface area contributed by atoms with Gasteiger partial charge in [-0.25, -0.2) is 18.1 Å². The van der Waals surface area contributed by atoms with Crippen LogP contribution in [-0.4, -0.2) is 61.6 Å². The number of thiazole rings is 1. The normalized spacial score (nSPS) is 17.7. The summed E-state index contributed by atoms with van der Waals surface area (Å²) in [4.78, 5) is 19.5. The lowest BCUT2D eigenvalue weighted by atomic mass is 10.2. The third-order valence-electron chi connectivity index (χ3n) is 4.53. The molecule has 0 aliphatic carbocycles. The Bertz CT molecular complexity index is 945. The molecule has 10 heteroatoms. The van der Waals surface area contributed by atoms with E-state index in [0.29, 0.717) is 36.8 Å². The summed E-state index contributed by atoms with van der Waals surface area (Å²) in [5, 5.41) is 1.79. The number of aryl methyl sites for hydroxylation is 2. The number of hydrogen-bond acceptors (Lipinski definition) is 7. The first-order chi connectivity index (χ1) is 12.3. The van der Waals surface area contributed by atoms with Crippen molar-refractivity contribution < 1.29 is 13.2 Å². The fraction of sp³-hybridized carbons (Fsp3) is 0.625. The van der Waals surface area contributed by atoms with Crippen molar-refractivity contribution in [3.8, 4) is 0 Å². The number of nitrogens with one attached hydrogen (secondary N) is 1. The van der Waals surface area contributed by atoms with Crippen LogP contribution in [0.4, 0.5) is 0 Å². The number of nitrogens with zero attached hydrogens (tertiary/aromatic N) is 3. The Kier molecular flexibility index (Phi) is 5.78. The molecule has 8 nitrogen and oxygen atoms in total. The van der Waals surface area contributed by atoms with E-state index in [0.717, 1.165) is 13.1 Å². The highest BCUT2D eigenvalue weighted by atomic mass is 32.2. The smallest absolute Gasteiger partial charge is 0.279 e. The van der Waals surface area contributed by atoms with Crippen LogP contribution in [-0.2, 0) is 14.8 Å². The Morgan fingerprint density at radius 2 is 2.04 bits per heavy atom. The molecule has 0 bridgehead atoms. The Hall–Kier alpha value is -1.33. The second-order valence-corrected chi connectivity index (χ2v) is 8.95. The molecule has 0 amide bonds.